The molecule has 0 rings (SSSR count). The summed E-state index contributed by atoms with van der Waals surface area (Å²) < 4.78 is 0. The van der Waals surface area contributed by atoms with E-state index in [1.807, 2.05) is 7.28 Å². The molecule has 1 nitrogen and oxygen atoms in total. The molecule has 1 atom stereocenters. The van der Waals surface area contributed by atoms with Crippen molar-refractivity contribution in [3.63, 3.8) is 0 Å². The smallest absolute Gasteiger partial charge is 0.213 e. The molecule has 0 aromatic rings. The van der Waals surface area contributed by atoms with Gasteiger partial charge in [0.25, 0.3) is 7.28 Å². The minimum atomic E-state index is 0.554. The van der Waals surface area contributed by atoms with Crippen LogP contribution in [0.1, 0.15) is 97.3 Å². The summed E-state index contributed by atoms with van der Waals surface area (Å²) >= 11 is 0. The molecule has 0 aliphatic heterocycles. The van der Waals surface area contributed by atoms with Crippen LogP contribution in [0.4, 0.5) is 0 Å². The van der Waals surface area contributed by atoms with Crippen LogP contribution in [-0.4, -0.2) is 7.28 Å². The number of nitrogens with zero attached hydrogens (tertiary/aromatic N) is 1. The first-order valence-corrected chi connectivity index (χ1v) is 8.58. The fourth-order valence-electron chi connectivity index (χ4n) is 2.61. The van der Waals surface area contributed by atoms with Crippen LogP contribution >= 0.6 is 0 Å². The molecule has 1 radical (unpaired) electrons. The molecule has 0 bridgehead atoms. The van der Waals surface area contributed by atoms with Crippen molar-refractivity contribution < 1.29 is 0 Å². The van der Waals surface area contributed by atoms with Gasteiger partial charge in [-0.25, -0.2) is 5.26 Å². The molecule has 1 unspecified atom stereocenters. The lowest BCUT2D eigenvalue weighted by Crippen LogP contribution is -2.02. The SMILES string of the molecule is CCCCCCCCC([B]C#N)CCCCCCC. The molecular weight excluding hydrogens is 229 g/mol. The normalized spacial score (nSPS) is 12.1. The van der Waals surface area contributed by atoms with Gasteiger partial charge < -0.3 is 0 Å². The summed E-state index contributed by atoms with van der Waals surface area (Å²) in [4.78, 5) is 0. The minimum Gasteiger partial charge on any atom is -0.213 e. The fraction of sp³-hybridized carbons (Fsp3) is 0.941. The first-order chi connectivity index (χ1) is 9.35. The van der Waals surface area contributed by atoms with Crippen molar-refractivity contribution in [3.8, 4) is 5.97 Å². The van der Waals surface area contributed by atoms with Crippen LogP contribution in [0.25, 0.3) is 0 Å². The average Bonchev–Trinajstić information content (AvgIpc) is 2.42. The van der Waals surface area contributed by atoms with Crippen LogP contribution in [0.5, 0.6) is 0 Å². The second kappa shape index (κ2) is 15.6. The van der Waals surface area contributed by atoms with Crippen molar-refractivity contribution in [2.45, 2.75) is 103 Å². The Labute approximate surface area is 122 Å². The molecule has 0 aromatic heterocycles. The highest BCUT2D eigenvalue weighted by Crippen LogP contribution is 2.22. The van der Waals surface area contributed by atoms with Gasteiger partial charge in [-0.15, -0.1) is 0 Å². The predicted octanol–water partition coefficient (Wildman–Crippen LogP) is 6.07. The fourth-order valence-corrected chi connectivity index (χ4v) is 2.61. The topological polar surface area (TPSA) is 23.8 Å². The second-order valence-corrected chi connectivity index (χ2v) is 5.82. The summed E-state index contributed by atoms with van der Waals surface area (Å²) in [7, 11) is 1.88. The van der Waals surface area contributed by atoms with Gasteiger partial charge >= 0.3 is 0 Å². The van der Waals surface area contributed by atoms with Crippen molar-refractivity contribution in [3.05, 3.63) is 0 Å². The maximum atomic E-state index is 8.84. The molecule has 0 saturated heterocycles. The van der Waals surface area contributed by atoms with E-state index in [0.717, 1.165) is 0 Å². The monoisotopic (exact) mass is 262 g/mol. The Kier molecular flexibility index (Phi) is 15.2. The summed E-state index contributed by atoms with van der Waals surface area (Å²) in [5.74, 6) is 2.81. The largest absolute Gasteiger partial charge is 0.258 e. The zero-order valence-electron chi connectivity index (χ0n) is 13.3. The van der Waals surface area contributed by atoms with Crippen molar-refractivity contribution in [1.29, 1.82) is 5.26 Å². The van der Waals surface area contributed by atoms with Gasteiger partial charge in [-0.2, -0.15) is 0 Å². The third-order valence-corrected chi connectivity index (χ3v) is 3.92. The van der Waals surface area contributed by atoms with Crippen molar-refractivity contribution in [2.75, 3.05) is 0 Å². The highest BCUT2D eigenvalue weighted by atomic mass is 14.2. The van der Waals surface area contributed by atoms with E-state index in [0.29, 0.717) is 5.82 Å². The van der Waals surface area contributed by atoms with E-state index in [2.05, 4.69) is 19.8 Å². The molecule has 0 fully saturated rings. The summed E-state index contributed by atoms with van der Waals surface area (Å²) in [6.07, 6.45) is 17.3. The number of unbranched alkanes of at least 4 members (excludes halogenated alkanes) is 9. The Balaban J connectivity index is 3.48. The molecule has 0 N–H and O–H groups in total. The predicted molar refractivity (Wildman–Crippen MR) is 86.5 cm³/mol. The van der Waals surface area contributed by atoms with Crippen molar-refractivity contribution >= 4 is 7.28 Å². The zero-order chi connectivity index (χ0) is 14.2. The number of hydrogen-bond acceptors (Lipinski definition) is 1. The van der Waals surface area contributed by atoms with E-state index in [1.165, 1.54) is 83.5 Å². The molecule has 19 heavy (non-hydrogen) atoms. The zero-order valence-corrected chi connectivity index (χ0v) is 13.3. The van der Waals surface area contributed by atoms with Crippen LogP contribution < -0.4 is 0 Å². The molecule has 2 heteroatoms. The Bertz CT molecular complexity index is 210. The highest BCUT2D eigenvalue weighted by molar-refractivity contribution is 6.46. The van der Waals surface area contributed by atoms with Gasteiger partial charge in [0.2, 0.25) is 0 Å². The summed E-state index contributed by atoms with van der Waals surface area (Å²) in [6.45, 7) is 4.52. The maximum absolute atomic E-state index is 8.84. The average molecular weight is 262 g/mol. The van der Waals surface area contributed by atoms with E-state index in [-0.39, 0.29) is 0 Å². The van der Waals surface area contributed by atoms with E-state index < -0.39 is 0 Å². The summed E-state index contributed by atoms with van der Waals surface area (Å²) in [5, 5.41) is 8.84. The Morgan fingerprint density at radius 1 is 0.737 bits per heavy atom. The molecule has 0 amide bonds. The number of nitriles is 1. The number of hydrogen-bond donors (Lipinski definition) is 0. The van der Waals surface area contributed by atoms with Gasteiger partial charge in [0, 0.05) is 0 Å². The summed E-state index contributed by atoms with van der Waals surface area (Å²) in [6, 6.07) is 0. The van der Waals surface area contributed by atoms with Crippen molar-refractivity contribution in [2.24, 2.45) is 0 Å². The maximum Gasteiger partial charge on any atom is 0.258 e. The van der Waals surface area contributed by atoms with E-state index in [4.69, 9.17) is 5.26 Å². The Hall–Kier alpha value is -0.445. The van der Waals surface area contributed by atoms with Gasteiger partial charge in [0.15, 0.2) is 0 Å². The third-order valence-electron chi connectivity index (χ3n) is 3.92. The molecule has 0 aliphatic carbocycles. The van der Waals surface area contributed by atoms with Crippen LogP contribution in [0.2, 0.25) is 5.82 Å². The quantitative estimate of drug-likeness (QED) is 0.275. The minimum absolute atomic E-state index is 0.554. The molecule has 0 saturated carbocycles. The van der Waals surface area contributed by atoms with Gasteiger partial charge in [0.1, 0.15) is 0 Å². The lowest BCUT2D eigenvalue weighted by molar-refractivity contribution is 0.536. The van der Waals surface area contributed by atoms with Gasteiger partial charge in [-0.05, 0) is 5.97 Å². The molecular formula is C17H33BN. The van der Waals surface area contributed by atoms with Gasteiger partial charge in [-0.1, -0.05) is 103 Å². The molecule has 109 valence electrons. The van der Waals surface area contributed by atoms with E-state index >= 15 is 0 Å². The standard InChI is InChI=1S/C17H33BN/c1-3-5-7-9-11-13-15-17(18-16-19)14-12-10-8-6-4-2/h17H,3-15H2,1-2H3. The highest BCUT2D eigenvalue weighted by Gasteiger charge is 2.09. The Morgan fingerprint density at radius 2 is 1.16 bits per heavy atom. The van der Waals surface area contributed by atoms with Crippen LogP contribution in [0.15, 0.2) is 0 Å². The van der Waals surface area contributed by atoms with E-state index in [1.54, 1.807) is 0 Å². The third kappa shape index (κ3) is 13.8. The Morgan fingerprint density at radius 3 is 1.58 bits per heavy atom. The second-order valence-electron chi connectivity index (χ2n) is 5.82. The molecule has 0 heterocycles. The van der Waals surface area contributed by atoms with Gasteiger partial charge in [0.05, 0.1) is 0 Å². The summed E-state index contributed by atoms with van der Waals surface area (Å²) in [5.41, 5.74) is 0. The van der Waals surface area contributed by atoms with Crippen molar-refractivity contribution in [1.82, 2.24) is 0 Å². The number of rotatable bonds is 14. The molecule has 0 spiro atoms. The lowest BCUT2D eigenvalue weighted by atomic mass is 9.62. The van der Waals surface area contributed by atoms with Crippen LogP contribution in [0, 0.1) is 11.2 Å². The van der Waals surface area contributed by atoms with Crippen LogP contribution in [-0.2, 0) is 0 Å². The van der Waals surface area contributed by atoms with Crippen LogP contribution in [0.3, 0.4) is 0 Å². The first kappa shape index (κ1) is 18.6. The lowest BCUT2D eigenvalue weighted by Gasteiger charge is -2.12. The van der Waals surface area contributed by atoms with Gasteiger partial charge in [-0.3, -0.25) is 0 Å². The first-order valence-electron chi connectivity index (χ1n) is 8.58. The molecule has 0 aliphatic rings. The molecule has 0 aromatic carbocycles. The van der Waals surface area contributed by atoms with E-state index in [9.17, 15) is 0 Å².